The first-order chi connectivity index (χ1) is 14.4. The second kappa shape index (κ2) is 9.39. The summed E-state index contributed by atoms with van der Waals surface area (Å²) in [6, 6.07) is 9.47. The van der Waals surface area contributed by atoms with Crippen LogP contribution in [0.25, 0.3) is 0 Å². The highest BCUT2D eigenvalue weighted by molar-refractivity contribution is 5.74. The van der Waals surface area contributed by atoms with Crippen LogP contribution in [0.1, 0.15) is 47.6 Å². The van der Waals surface area contributed by atoms with Gasteiger partial charge in [-0.15, -0.1) is 0 Å². The number of piperidine rings is 1. The molecule has 0 aromatic heterocycles. The van der Waals surface area contributed by atoms with Crippen LogP contribution in [0.4, 0.5) is 0 Å². The SMILES string of the molecule is COc1cc(C(c2cc(C)cc(C)c2)N2CCCCC2C(=O)O)cc(OC)c1OC. The van der Waals surface area contributed by atoms with E-state index in [1.54, 1.807) is 21.3 Å². The third-order valence-electron chi connectivity index (χ3n) is 5.72. The summed E-state index contributed by atoms with van der Waals surface area (Å²) in [5.41, 5.74) is 4.27. The normalized spacial score (nSPS) is 18.0. The van der Waals surface area contributed by atoms with Crippen molar-refractivity contribution in [3.05, 3.63) is 52.6 Å². The zero-order valence-electron chi connectivity index (χ0n) is 18.4. The van der Waals surface area contributed by atoms with Gasteiger partial charge in [0.25, 0.3) is 0 Å². The lowest BCUT2D eigenvalue weighted by molar-refractivity contribution is -0.145. The lowest BCUT2D eigenvalue weighted by Crippen LogP contribution is -2.46. The molecule has 2 aromatic rings. The number of methoxy groups -OCH3 is 3. The lowest BCUT2D eigenvalue weighted by atomic mass is 9.90. The van der Waals surface area contributed by atoms with Crippen molar-refractivity contribution in [1.29, 1.82) is 0 Å². The summed E-state index contributed by atoms with van der Waals surface area (Å²) in [6.07, 6.45) is 2.53. The Labute approximate surface area is 178 Å². The molecule has 3 rings (SSSR count). The first-order valence-electron chi connectivity index (χ1n) is 10.3. The molecule has 0 bridgehead atoms. The maximum atomic E-state index is 12.1. The molecule has 0 aliphatic carbocycles. The summed E-state index contributed by atoms with van der Waals surface area (Å²) in [6.45, 7) is 4.84. The molecular formula is C24H31NO5. The predicted octanol–water partition coefficient (Wildman–Crippen LogP) is 4.36. The van der Waals surface area contributed by atoms with Gasteiger partial charge in [0.05, 0.1) is 27.4 Å². The number of carboxylic acid groups (broad SMARTS) is 1. The fourth-order valence-corrected chi connectivity index (χ4v) is 4.53. The third kappa shape index (κ3) is 4.38. The summed E-state index contributed by atoms with van der Waals surface area (Å²) < 4.78 is 16.6. The van der Waals surface area contributed by atoms with Gasteiger partial charge in [0, 0.05) is 0 Å². The van der Waals surface area contributed by atoms with E-state index >= 15 is 0 Å². The van der Waals surface area contributed by atoms with E-state index in [0.717, 1.165) is 35.1 Å². The van der Waals surface area contributed by atoms with Gasteiger partial charge >= 0.3 is 5.97 Å². The number of aliphatic carboxylic acids is 1. The largest absolute Gasteiger partial charge is 0.493 e. The standard InChI is InChI=1S/C24H31NO5/c1-15-10-16(2)12-17(11-15)22(25-9-7-6-8-19(25)24(26)27)18-13-20(28-3)23(30-5)21(14-18)29-4/h10-14,19,22H,6-9H2,1-5H3,(H,26,27). The van der Waals surface area contributed by atoms with E-state index < -0.39 is 12.0 Å². The van der Waals surface area contributed by atoms with Crippen LogP contribution in [0.3, 0.4) is 0 Å². The van der Waals surface area contributed by atoms with Crippen LogP contribution in [-0.4, -0.2) is 49.9 Å². The molecule has 1 fully saturated rings. The van der Waals surface area contributed by atoms with Gasteiger partial charge < -0.3 is 19.3 Å². The van der Waals surface area contributed by atoms with E-state index in [4.69, 9.17) is 14.2 Å². The van der Waals surface area contributed by atoms with Gasteiger partial charge in [-0.2, -0.15) is 0 Å². The van der Waals surface area contributed by atoms with Crippen LogP contribution in [0.5, 0.6) is 17.2 Å². The number of likely N-dealkylation sites (tertiary alicyclic amines) is 1. The first kappa shape index (κ1) is 22.0. The molecule has 1 aliphatic heterocycles. The minimum absolute atomic E-state index is 0.237. The van der Waals surface area contributed by atoms with E-state index in [1.165, 1.54) is 0 Å². The quantitative estimate of drug-likeness (QED) is 0.728. The van der Waals surface area contributed by atoms with Crippen molar-refractivity contribution < 1.29 is 24.1 Å². The molecule has 0 radical (unpaired) electrons. The maximum Gasteiger partial charge on any atom is 0.320 e. The average Bonchev–Trinajstić information content (AvgIpc) is 2.72. The second-order valence-electron chi connectivity index (χ2n) is 7.87. The van der Waals surface area contributed by atoms with Crippen molar-refractivity contribution >= 4 is 5.97 Å². The topological polar surface area (TPSA) is 68.2 Å². The zero-order chi connectivity index (χ0) is 21.8. The van der Waals surface area contributed by atoms with Gasteiger partial charge in [0.15, 0.2) is 11.5 Å². The van der Waals surface area contributed by atoms with E-state index in [2.05, 4.69) is 36.9 Å². The molecule has 6 nitrogen and oxygen atoms in total. The van der Waals surface area contributed by atoms with E-state index in [-0.39, 0.29) is 6.04 Å². The molecule has 0 spiro atoms. The van der Waals surface area contributed by atoms with Crippen LogP contribution in [0, 0.1) is 13.8 Å². The second-order valence-corrected chi connectivity index (χ2v) is 7.87. The molecule has 2 aromatic carbocycles. The van der Waals surface area contributed by atoms with Crippen LogP contribution in [-0.2, 0) is 4.79 Å². The Morgan fingerprint density at radius 2 is 1.50 bits per heavy atom. The van der Waals surface area contributed by atoms with Crippen molar-refractivity contribution in [3.8, 4) is 17.2 Å². The van der Waals surface area contributed by atoms with Crippen LogP contribution >= 0.6 is 0 Å². The van der Waals surface area contributed by atoms with Crippen molar-refractivity contribution in [2.75, 3.05) is 27.9 Å². The Bertz CT molecular complexity index is 865. The van der Waals surface area contributed by atoms with Gasteiger partial charge in [0.1, 0.15) is 6.04 Å². The van der Waals surface area contributed by atoms with Gasteiger partial charge in [-0.1, -0.05) is 35.7 Å². The Kier molecular flexibility index (Phi) is 6.87. The molecule has 1 aliphatic rings. The van der Waals surface area contributed by atoms with Gasteiger partial charge in [-0.05, 0) is 56.5 Å². The molecule has 0 saturated carbocycles. The third-order valence-corrected chi connectivity index (χ3v) is 5.72. The molecule has 162 valence electrons. The first-order valence-corrected chi connectivity index (χ1v) is 10.3. The van der Waals surface area contributed by atoms with Crippen LogP contribution < -0.4 is 14.2 Å². The van der Waals surface area contributed by atoms with Crippen LogP contribution in [0.15, 0.2) is 30.3 Å². The number of aryl methyl sites for hydroxylation is 2. The summed E-state index contributed by atoms with van der Waals surface area (Å²) in [5.74, 6) is 0.864. The smallest absolute Gasteiger partial charge is 0.320 e. The van der Waals surface area contributed by atoms with E-state index in [1.807, 2.05) is 12.1 Å². The average molecular weight is 414 g/mol. The molecule has 1 heterocycles. The number of hydrogen-bond acceptors (Lipinski definition) is 5. The van der Waals surface area contributed by atoms with E-state index in [9.17, 15) is 9.90 Å². The number of ether oxygens (including phenoxy) is 3. The van der Waals surface area contributed by atoms with Gasteiger partial charge in [-0.3, -0.25) is 9.69 Å². The number of carbonyl (C=O) groups is 1. The number of hydrogen-bond donors (Lipinski definition) is 1. The molecule has 30 heavy (non-hydrogen) atoms. The molecule has 2 unspecified atom stereocenters. The zero-order valence-corrected chi connectivity index (χ0v) is 18.4. The Balaban J connectivity index is 2.23. The van der Waals surface area contributed by atoms with Gasteiger partial charge in [-0.25, -0.2) is 0 Å². The fraction of sp³-hybridized carbons (Fsp3) is 0.458. The maximum absolute atomic E-state index is 12.1. The molecule has 6 heteroatoms. The number of carboxylic acids is 1. The molecule has 1 N–H and O–H groups in total. The number of rotatable bonds is 7. The summed E-state index contributed by atoms with van der Waals surface area (Å²) >= 11 is 0. The van der Waals surface area contributed by atoms with Crippen molar-refractivity contribution in [2.24, 2.45) is 0 Å². The van der Waals surface area contributed by atoms with Crippen LogP contribution in [0.2, 0.25) is 0 Å². The predicted molar refractivity (Wildman–Crippen MR) is 116 cm³/mol. The number of benzene rings is 2. The summed E-state index contributed by atoms with van der Waals surface area (Å²) in [4.78, 5) is 14.2. The van der Waals surface area contributed by atoms with Crippen molar-refractivity contribution in [2.45, 2.75) is 45.2 Å². The summed E-state index contributed by atoms with van der Waals surface area (Å²) in [7, 11) is 4.76. The van der Waals surface area contributed by atoms with Crippen molar-refractivity contribution in [1.82, 2.24) is 4.90 Å². The number of nitrogens with zero attached hydrogens (tertiary/aromatic N) is 1. The highest BCUT2D eigenvalue weighted by atomic mass is 16.5. The Morgan fingerprint density at radius 1 is 0.933 bits per heavy atom. The minimum Gasteiger partial charge on any atom is -0.493 e. The molecule has 2 atom stereocenters. The molecule has 1 saturated heterocycles. The highest BCUT2D eigenvalue weighted by Gasteiger charge is 2.36. The fourth-order valence-electron chi connectivity index (χ4n) is 4.53. The monoisotopic (exact) mass is 413 g/mol. The minimum atomic E-state index is -0.781. The Morgan fingerprint density at radius 3 is 2.00 bits per heavy atom. The lowest BCUT2D eigenvalue weighted by Gasteiger charge is -2.40. The van der Waals surface area contributed by atoms with Crippen molar-refractivity contribution in [3.63, 3.8) is 0 Å². The van der Waals surface area contributed by atoms with E-state index in [0.29, 0.717) is 30.2 Å². The van der Waals surface area contributed by atoms with Gasteiger partial charge in [0.2, 0.25) is 5.75 Å². The molecule has 0 amide bonds. The highest BCUT2D eigenvalue weighted by Crippen LogP contribution is 2.43. The summed E-state index contributed by atoms with van der Waals surface area (Å²) in [5, 5.41) is 9.93. The Hall–Kier alpha value is -2.73. The molecular weight excluding hydrogens is 382 g/mol.